The molecule has 7 heteroatoms. The van der Waals surface area contributed by atoms with E-state index < -0.39 is 14.8 Å². The lowest BCUT2D eigenvalue weighted by atomic mass is 9.96. The van der Waals surface area contributed by atoms with Crippen LogP contribution in [0.25, 0.3) is 0 Å². The molecule has 0 unspecified atom stereocenters. The van der Waals surface area contributed by atoms with Gasteiger partial charge >= 0.3 is 0 Å². The summed E-state index contributed by atoms with van der Waals surface area (Å²) in [5.74, 6) is 0.894. The number of amidine groups is 1. The molecule has 0 N–H and O–H groups in total. The number of benzene rings is 1. The maximum absolute atomic E-state index is 12.2. The minimum Gasteiger partial charge on any atom is -0.497 e. The number of methoxy groups -OCH3 is 1. The van der Waals surface area contributed by atoms with E-state index in [-0.39, 0.29) is 0 Å². The number of hydrogen-bond acceptors (Lipinski definition) is 5. The molecule has 0 fully saturated rings. The van der Waals surface area contributed by atoms with Crippen molar-refractivity contribution < 1.29 is 13.2 Å². The highest BCUT2D eigenvalue weighted by atomic mass is 32.2. The van der Waals surface area contributed by atoms with Gasteiger partial charge in [0, 0.05) is 13.1 Å². The number of nitriles is 1. The van der Waals surface area contributed by atoms with Crippen LogP contribution in [0, 0.1) is 11.3 Å². The fourth-order valence-electron chi connectivity index (χ4n) is 2.40. The highest BCUT2D eigenvalue weighted by Crippen LogP contribution is 2.42. The Kier molecular flexibility index (Phi) is 3.92. The second kappa shape index (κ2) is 5.37. The monoisotopic (exact) mass is 307 g/mol. The minimum atomic E-state index is -3.88. The normalized spacial score (nSPS) is 22.7. The summed E-state index contributed by atoms with van der Waals surface area (Å²) >= 11 is 0. The third kappa shape index (κ3) is 2.07. The molecule has 0 spiro atoms. The fraction of sp³-hybridized carbons (Fsp3) is 0.429. The summed E-state index contributed by atoms with van der Waals surface area (Å²) in [6.45, 7) is 4.97. The van der Waals surface area contributed by atoms with Crippen molar-refractivity contribution in [2.24, 2.45) is 4.40 Å². The van der Waals surface area contributed by atoms with Crippen molar-refractivity contribution in [2.75, 3.05) is 20.2 Å². The van der Waals surface area contributed by atoms with Gasteiger partial charge in [-0.1, -0.05) is 12.1 Å². The van der Waals surface area contributed by atoms with Gasteiger partial charge in [-0.25, -0.2) is 8.42 Å². The molecule has 112 valence electrons. The Morgan fingerprint density at radius 2 is 1.86 bits per heavy atom. The molecule has 0 radical (unpaired) electrons. The van der Waals surface area contributed by atoms with E-state index in [1.165, 1.54) is 7.11 Å². The van der Waals surface area contributed by atoms with Gasteiger partial charge in [-0.3, -0.25) is 0 Å². The molecule has 0 aromatic heterocycles. The number of sulfonamides is 1. The first kappa shape index (κ1) is 15.3. The molecule has 0 aliphatic carbocycles. The average Bonchev–Trinajstić information content (AvgIpc) is 2.49. The predicted molar refractivity (Wildman–Crippen MR) is 79.6 cm³/mol. The Bertz CT molecular complexity index is 700. The first-order chi connectivity index (χ1) is 9.96. The van der Waals surface area contributed by atoms with E-state index in [0.29, 0.717) is 30.2 Å². The molecule has 1 atom stereocenters. The van der Waals surface area contributed by atoms with Crippen LogP contribution in [-0.2, 0) is 14.8 Å². The summed E-state index contributed by atoms with van der Waals surface area (Å²) in [6.07, 6.45) is 0. The summed E-state index contributed by atoms with van der Waals surface area (Å²) in [5.41, 5.74) is 0.391. The summed E-state index contributed by atoms with van der Waals surface area (Å²) in [4.78, 5) is 1.79. The Morgan fingerprint density at radius 3 is 2.24 bits per heavy atom. The molecule has 0 saturated carbocycles. The predicted octanol–water partition coefficient (Wildman–Crippen LogP) is 1.50. The van der Waals surface area contributed by atoms with Gasteiger partial charge in [-0.15, -0.1) is 4.40 Å². The number of nitrogens with zero attached hydrogens (tertiary/aromatic N) is 3. The van der Waals surface area contributed by atoms with Crippen LogP contribution in [0.4, 0.5) is 0 Å². The average molecular weight is 307 g/mol. The van der Waals surface area contributed by atoms with Crippen LogP contribution in [0.3, 0.4) is 0 Å². The van der Waals surface area contributed by atoms with Gasteiger partial charge in [0.15, 0.2) is 5.84 Å². The molecule has 2 rings (SSSR count). The standard InChI is InChI=1S/C14H17N3O3S/c1-4-17(5-2)13-14(10-15,21(18,19)16-13)11-6-8-12(20-3)9-7-11/h6-9H,4-5H2,1-3H3/t14-/m1/s1. The summed E-state index contributed by atoms with van der Waals surface area (Å²) < 4.78 is 31.5. The van der Waals surface area contributed by atoms with Crippen molar-refractivity contribution in [1.29, 1.82) is 5.26 Å². The van der Waals surface area contributed by atoms with Gasteiger partial charge in [0.2, 0.25) is 0 Å². The van der Waals surface area contributed by atoms with Gasteiger partial charge in [0.1, 0.15) is 11.8 Å². The van der Waals surface area contributed by atoms with Crippen LogP contribution >= 0.6 is 0 Å². The summed E-state index contributed by atoms with van der Waals surface area (Å²) in [7, 11) is -2.35. The molecule has 1 aromatic rings. The maximum Gasteiger partial charge on any atom is 0.286 e. The van der Waals surface area contributed by atoms with Crippen LogP contribution in [0.5, 0.6) is 5.75 Å². The first-order valence-electron chi connectivity index (χ1n) is 6.62. The third-order valence-electron chi connectivity index (χ3n) is 3.63. The van der Waals surface area contributed by atoms with Crippen LogP contribution in [-0.4, -0.2) is 39.4 Å². The smallest absolute Gasteiger partial charge is 0.286 e. The van der Waals surface area contributed by atoms with Gasteiger partial charge in [-0.2, -0.15) is 5.26 Å². The van der Waals surface area contributed by atoms with Crippen molar-refractivity contribution in [3.8, 4) is 11.8 Å². The summed E-state index contributed by atoms with van der Waals surface area (Å²) in [5, 5.41) is 9.59. The molecule has 1 aliphatic rings. The van der Waals surface area contributed by atoms with E-state index in [4.69, 9.17) is 4.74 Å². The van der Waals surface area contributed by atoms with Crippen LogP contribution < -0.4 is 4.74 Å². The molecular formula is C14H17N3O3S. The van der Waals surface area contributed by atoms with Crippen LogP contribution in [0.2, 0.25) is 0 Å². The highest BCUT2D eigenvalue weighted by molar-refractivity contribution is 7.94. The van der Waals surface area contributed by atoms with Gasteiger partial charge < -0.3 is 9.64 Å². The number of ether oxygens (including phenoxy) is 1. The largest absolute Gasteiger partial charge is 0.497 e. The quantitative estimate of drug-likeness (QED) is 0.841. The van der Waals surface area contributed by atoms with Gasteiger partial charge in [0.05, 0.1) is 7.11 Å². The molecule has 1 aromatic carbocycles. The number of hydrogen-bond donors (Lipinski definition) is 0. The van der Waals surface area contributed by atoms with Crippen molar-refractivity contribution in [1.82, 2.24) is 4.90 Å². The van der Waals surface area contributed by atoms with Gasteiger partial charge in [0.25, 0.3) is 14.8 Å². The Hall–Kier alpha value is -2.07. The molecular weight excluding hydrogens is 290 g/mol. The molecule has 0 bridgehead atoms. The van der Waals surface area contributed by atoms with Crippen molar-refractivity contribution in [3.05, 3.63) is 29.8 Å². The summed E-state index contributed by atoms with van der Waals surface area (Å²) in [6, 6.07) is 8.43. The lowest BCUT2D eigenvalue weighted by Gasteiger charge is -2.39. The zero-order valence-electron chi connectivity index (χ0n) is 12.2. The van der Waals surface area contributed by atoms with E-state index in [1.807, 2.05) is 19.9 Å². The molecule has 1 heterocycles. The second-order valence-corrected chi connectivity index (χ2v) is 6.33. The van der Waals surface area contributed by atoms with Crippen molar-refractivity contribution in [2.45, 2.75) is 18.6 Å². The lowest BCUT2D eigenvalue weighted by Crippen LogP contribution is -2.57. The van der Waals surface area contributed by atoms with E-state index in [1.54, 1.807) is 29.2 Å². The van der Waals surface area contributed by atoms with E-state index >= 15 is 0 Å². The topological polar surface area (TPSA) is 82.8 Å². The molecule has 0 amide bonds. The van der Waals surface area contributed by atoms with E-state index in [2.05, 4.69) is 4.40 Å². The lowest BCUT2D eigenvalue weighted by molar-refractivity contribution is 0.414. The van der Waals surface area contributed by atoms with Crippen molar-refractivity contribution >= 4 is 15.9 Å². The molecule has 0 saturated heterocycles. The third-order valence-corrected chi connectivity index (χ3v) is 5.32. The Labute approximate surface area is 124 Å². The zero-order chi connectivity index (χ0) is 15.7. The van der Waals surface area contributed by atoms with Crippen LogP contribution in [0.15, 0.2) is 28.7 Å². The molecule has 21 heavy (non-hydrogen) atoms. The second-order valence-electron chi connectivity index (χ2n) is 4.58. The number of rotatable bonds is 4. The maximum atomic E-state index is 12.2. The Morgan fingerprint density at radius 1 is 1.29 bits per heavy atom. The number of likely N-dealkylation sites (N-methyl/N-ethyl adjacent to an activating group) is 1. The Balaban J connectivity index is 2.59. The highest BCUT2D eigenvalue weighted by Gasteiger charge is 2.60. The minimum absolute atomic E-state index is 0.292. The van der Waals surface area contributed by atoms with E-state index in [0.717, 1.165) is 0 Å². The van der Waals surface area contributed by atoms with Gasteiger partial charge in [-0.05, 0) is 31.5 Å². The fourth-order valence-corrected chi connectivity index (χ4v) is 3.84. The van der Waals surface area contributed by atoms with E-state index in [9.17, 15) is 13.7 Å². The SMILES string of the molecule is CCN(CC)C1=NS(=O)(=O)[C@]1(C#N)c1ccc(OC)cc1. The first-order valence-corrected chi connectivity index (χ1v) is 8.06. The van der Waals surface area contributed by atoms with Crippen molar-refractivity contribution in [3.63, 3.8) is 0 Å². The molecule has 6 nitrogen and oxygen atoms in total. The van der Waals surface area contributed by atoms with Crippen LogP contribution in [0.1, 0.15) is 19.4 Å². The zero-order valence-corrected chi connectivity index (χ0v) is 13.0. The molecule has 1 aliphatic heterocycles.